The van der Waals surface area contributed by atoms with Crippen molar-refractivity contribution in [2.24, 2.45) is 5.92 Å². The van der Waals surface area contributed by atoms with E-state index in [4.69, 9.17) is 25.6 Å². The summed E-state index contributed by atoms with van der Waals surface area (Å²) in [5, 5.41) is 7.52. The van der Waals surface area contributed by atoms with Gasteiger partial charge in [0.1, 0.15) is 6.61 Å². The van der Waals surface area contributed by atoms with Crippen molar-refractivity contribution in [1.82, 2.24) is 10.5 Å². The van der Waals surface area contributed by atoms with E-state index in [-0.39, 0.29) is 12.3 Å². The highest BCUT2D eigenvalue weighted by atomic mass is 35.5. The first-order valence-electron chi connectivity index (χ1n) is 8.30. The molecule has 1 aromatic carbocycles. The van der Waals surface area contributed by atoms with Crippen LogP contribution in [0.5, 0.6) is 0 Å². The highest BCUT2D eigenvalue weighted by Gasteiger charge is 2.17. The molecule has 1 aromatic heterocycles. The zero-order valence-corrected chi connectivity index (χ0v) is 14.6. The van der Waals surface area contributed by atoms with Gasteiger partial charge in [0.25, 0.3) is 0 Å². The van der Waals surface area contributed by atoms with Crippen molar-refractivity contribution in [1.29, 1.82) is 0 Å². The second-order valence-corrected chi connectivity index (χ2v) is 6.55. The van der Waals surface area contributed by atoms with E-state index in [0.717, 1.165) is 25.2 Å². The molecule has 0 radical (unpaired) electrons. The van der Waals surface area contributed by atoms with Crippen molar-refractivity contribution < 1.29 is 18.8 Å². The highest BCUT2D eigenvalue weighted by Crippen LogP contribution is 2.13. The molecule has 1 N–H and O–H groups in total. The summed E-state index contributed by atoms with van der Waals surface area (Å²) in [4.78, 5) is 11.9. The number of nitrogens with one attached hydrogen (secondary N) is 1. The zero-order chi connectivity index (χ0) is 17.5. The fourth-order valence-electron chi connectivity index (χ4n) is 2.59. The van der Waals surface area contributed by atoms with Crippen LogP contribution in [0.15, 0.2) is 34.9 Å². The van der Waals surface area contributed by atoms with Crippen LogP contribution < -0.4 is 5.32 Å². The molecule has 2 heterocycles. The molecule has 25 heavy (non-hydrogen) atoms. The van der Waals surface area contributed by atoms with Gasteiger partial charge in [-0.3, -0.25) is 4.79 Å². The van der Waals surface area contributed by atoms with Crippen LogP contribution in [0.1, 0.15) is 23.4 Å². The number of carbonyl (C=O) groups excluding carboxylic acids is 1. The summed E-state index contributed by atoms with van der Waals surface area (Å²) < 4.78 is 16.1. The number of aromatic nitrogens is 1. The van der Waals surface area contributed by atoms with E-state index < -0.39 is 0 Å². The Morgan fingerprint density at radius 3 is 2.92 bits per heavy atom. The quantitative estimate of drug-likeness (QED) is 0.779. The predicted molar refractivity (Wildman–Crippen MR) is 92.1 cm³/mol. The molecule has 6 nitrogen and oxygen atoms in total. The molecule has 0 aliphatic carbocycles. The Morgan fingerprint density at radius 1 is 1.32 bits per heavy atom. The number of hydrogen-bond donors (Lipinski definition) is 1. The van der Waals surface area contributed by atoms with Gasteiger partial charge in [-0.05, 0) is 24.1 Å². The first-order chi connectivity index (χ1) is 12.2. The van der Waals surface area contributed by atoms with E-state index in [1.807, 2.05) is 24.3 Å². The molecule has 1 unspecified atom stereocenters. The van der Waals surface area contributed by atoms with Gasteiger partial charge in [0.15, 0.2) is 5.76 Å². The third-order valence-corrected chi connectivity index (χ3v) is 4.24. The van der Waals surface area contributed by atoms with Crippen LogP contribution in [-0.2, 0) is 33.9 Å². The van der Waals surface area contributed by atoms with Gasteiger partial charge in [0.05, 0.1) is 25.3 Å². The Kier molecular flexibility index (Phi) is 6.44. The average Bonchev–Trinajstić information content (AvgIpc) is 3.27. The summed E-state index contributed by atoms with van der Waals surface area (Å²) in [6.45, 7) is 2.91. The normalized spacial score (nSPS) is 16.9. The van der Waals surface area contributed by atoms with Gasteiger partial charge in [-0.2, -0.15) is 0 Å². The molecule has 7 heteroatoms. The van der Waals surface area contributed by atoms with Crippen LogP contribution in [0.4, 0.5) is 0 Å². The smallest absolute Gasteiger partial charge is 0.226 e. The lowest BCUT2D eigenvalue weighted by Gasteiger charge is -2.08. The molecular weight excluding hydrogens is 344 g/mol. The van der Waals surface area contributed by atoms with E-state index in [0.29, 0.717) is 42.2 Å². The van der Waals surface area contributed by atoms with Crippen LogP contribution in [0.25, 0.3) is 0 Å². The van der Waals surface area contributed by atoms with E-state index in [9.17, 15) is 4.79 Å². The van der Waals surface area contributed by atoms with Crippen LogP contribution in [-0.4, -0.2) is 30.8 Å². The maximum absolute atomic E-state index is 11.9. The Bertz CT molecular complexity index is 681. The number of carbonyl (C=O) groups is 1. The van der Waals surface area contributed by atoms with Crippen molar-refractivity contribution >= 4 is 17.5 Å². The number of benzene rings is 1. The van der Waals surface area contributed by atoms with Gasteiger partial charge >= 0.3 is 0 Å². The van der Waals surface area contributed by atoms with Crippen LogP contribution in [0.2, 0.25) is 5.02 Å². The van der Waals surface area contributed by atoms with Crippen molar-refractivity contribution in [2.75, 3.05) is 19.8 Å². The summed E-state index contributed by atoms with van der Waals surface area (Å²) >= 11 is 5.84. The van der Waals surface area contributed by atoms with Gasteiger partial charge in [0, 0.05) is 30.2 Å². The summed E-state index contributed by atoms with van der Waals surface area (Å²) in [5.74, 6) is 0.952. The Hall–Kier alpha value is -1.89. The van der Waals surface area contributed by atoms with Crippen molar-refractivity contribution in [3.8, 4) is 0 Å². The van der Waals surface area contributed by atoms with Crippen molar-refractivity contribution in [2.45, 2.75) is 26.1 Å². The van der Waals surface area contributed by atoms with E-state index in [1.165, 1.54) is 0 Å². The third kappa shape index (κ3) is 5.85. The average molecular weight is 365 g/mol. The summed E-state index contributed by atoms with van der Waals surface area (Å²) in [6, 6.07) is 9.22. The minimum absolute atomic E-state index is 0.0613. The third-order valence-electron chi connectivity index (χ3n) is 3.99. The number of halogens is 1. The molecule has 1 aliphatic heterocycles. The Morgan fingerprint density at radius 2 is 2.16 bits per heavy atom. The standard InChI is InChI=1S/C18H21ClN2O4/c19-15-3-1-13(2-4-15)10-24-12-17-7-16(21-25-17)8-18(22)20-9-14-5-6-23-11-14/h1-4,7,14H,5-6,8-12H2,(H,20,22). The lowest BCUT2D eigenvalue weighted by atomic mass is 10.1. The number of nitrogens with zero attached hydrogens (tertiary/aromatic N) is 1. The molecule has 1 amide bonds. The minimum atomic E-state index is -0.0613. The second kappa shape index (κ2) is 8.99. The fourth-order valence-corrected chi connectivity index (χ4v) is 2.71. The Balaban J connectivity index is 1.37. The van der Waals surface area contributed by atoms with Gasteiger partial charge < -0.3 is 19.3 Å². The summed E-state index contributed by atoms with van der Waals surface area (Å²) in [6.07, 6.45) is 1.20. The SMILES string of the molecule is O=C(Cc1cc(COCc2ccc(Cl)cc2)on1)NCC1CCOC1. The first kappa shape index (κ1) is 17.9. The van der Waals surface area contributed by atoms with Gasteiger partial charge in [-0.15, -0.1) is 0 Å². The first-order valence-corrected chi connectivity index (χ1v) is 8.68. The molecule has 1 fully saturated rings. The lowest BCUT2D eigenvalue weighted by Crippen LogP contribution is -2.30. The monoisotopic (exact) mass is 364 g/mol. The summed E-state index contributed by atoms with van der Waals surface area (Å²) in [5.41, 5.74) is 1.63. The van der Waals surface area contributed by atoms with Crippen LogP contribution in [0, 0.1) is 5.92 Å². The van der Waals surface area contributed by atoms with Crippen molar-refractivity contribution in [3.05, 3.63) is 52.4 Å². The van der Waals surface area contributed by atoms with E-state index in [1.54, 1.807) is 6.07 Å². The van der Waals surface area contributed by atoms with Gasteiger partial charge in [-0.1, -0.05) is 28.9 Å². The molecule has 3 rings (SSSR count). The van der Waals surface area contributed by atoms with Crippen molar-refractivity contribution in [3.63, 3.8) is 0 Å². The van der Waals surface area contributed by atoms with E-state index in [2.05, 4.69) is 10.5 Å². The molecule has 0 spiro atoms. The maximum Gasteiger partial charge on any atom is 0.226 e. The van der Waals surface area contributed by atoms with Gasteiger partial charge in [0.2, 0.25) is 5.91 Å². The minimum Gasteiger partial charge on any atom is -0.381 e. The maximum atomic E-state index is 11.9. The number of rotatable bonds is 8. The van der Waals surface area contributed by atoms with E-state index >= 15 is 0 Å². The van der Waals surface area contributed by atoms with Crippen LogP contribution >= 0.6 is 11.6 Å². The predicted octanol–water partition coefficient (Wildman–Crippen LogP) is 2.74. The fraction of sp³-hybridized carbons (Fsp3) is 0.444. The number of hydrogen-bond acceptors (Lipinski definition) is 5. The zero-order valence-electron chi connectivity index (χ0n) is 13.9. The molecule has 2 aromatic rings. The van der Waals surface area contributed by atoms with Gasteiger partial charge in [-0.25, -0.2) is 0 Å². The molecule has 1 aliphatic rings. The molecule has 0 saturated carbocycles. The molecule has 0 bridgehead atoms. The number of amides is 1. The largest absolute Gasteiger partial charge is 0.381 e. The van der Waals surface area contributed by atoms with Crippen LogP contribution in [0.3, 0.4) is 0 Å². The lowest BCUT2D eigenvalue weighted by molar-refractivity contribution is -0.120. The molecule has 1 atom stereocenters. The second-order valence-electron chi connectivity index (χ2n) is 6.11. The number of ether oxygens (including phenoxy) is 2. The molecule has 1 saturated heterocycles. The highest BCUT2D eigenvalue weighted by molar-refractivity contribution is 6.30. The molecular formula is C18H21ClN2O4. The molecule has 134 valence electrons. The Labute approximate surface area is 151 Å². The summed E-state index contributed by atoms with van der Waals surface area (Å²) in [7, 11) is 0. The topological polar surface area (TPSA) is 73.6 Å².